The summed E-state index contributed by atoms with van der Waals surface area (Å²) in [6.45, 7) is 8.07. The second kappa shape index (κ2) is 18.5. The number of hydrogen-bond donors (Lipinski definition) is 4. The largest absolute Gasteiger partial charge is 0.459 e. The van der Waals surface area contributed by atoms with Gasteiger partial charge >= 0.3 is 23.9 Å². The van der Waals surface area contributed by atoms with Crippen LogP contribution in [0.4, 0.5) is 0 Å². The molecule has 4 N–H and O–H groups in total. The highest BCUT2D eigenvalue weighted by molar-refractivity contribution is 7.99. The molecule has 65 heavy (non-hydrogen) atoms. The zero-order valence-electron chi connectivity index (χ0n) is 37.1. The lowest BCUT2D eigenvalue weighted by atomic mass is 9.44. The third-order valence-corrected chi connectivity index (χ3v) is 14.8. The summed E-state index contributed by atoms with van der Waals surface area (Å²) in [5.74, 6) is -6.38. The zero-order valence-corrected chi connectivity index (χ0v) is 37.9. The summed E-state index contributed by atoms with van der Waals surface area (Å²) in [6.07, 6.45) is -10.6. The standard InChI is InChI=1S/C49H55NO14S/c1-27-33(62-45(58)39(55)38(30-16-10-7-11-17-30)50-44(57)31-18-12-8-13-19-31)25-49(59)43(63-36(54)22-23-65-32-20-14-9-15-21-32)41-47(6,34(53)24-35-48(41,26-60-35)64-29(3)52)42(56)40(61-28(2)51)37(27)46(49,4)5/h7-21,33-35,38-41,43,53,55,59H,22-26H2,1-6H3,(H,50,57)/t33-,34-,35+,38-,39+,40+,41-,43-,47+,48-,49+/m0/s1. The van der Waals surface area contributed by atoms with E-state index in [-0.39, 0.29) is 41.9 Å². The van der Waals surface area contributed by atoms with Crippen molar-refractivity contribution in [3.05, 3.63) is 113 Å². The van der Waals surface area contributed by atoms with Crippen LogP contribution >= 0.6 is 11.8 Å². The summed E-state index contributed by atoms with van der Waals surface area (Å²) in [4.78, 5) is 84.5. The lowest BCUT2D eigenvalue weighted by molar-refractivity contribution is -0.347. The first-order chi connectivity index (χ1) is 30.8. The number of benzene rings is 3. The molecular weight excluding hydrogens is 859 g/mol. The van der Waals surface area contributed by atoms with Crippen LogP contribution in [0.5, 0.6) is 0 Å². The van der Waals surface area contributed by atoms with Crippen LogP contribution in [0.2, 0.25) is 0 Å². The fourth-order valence-corrected chi connectivity index (χ4v) is 11.2. The molecule has 2 saturated carbocycles. The van der Waals surface area contributed by atoms with Crippen LogP contribution in [0.1, 0.15) is 82.8 Å². The molecule has 3 aromatic carbocycles. The Hall–Kier alpha value is -5.39. The number of Topliss-reactive ketones (excluding diaryl/α,β-unsaturated/α-hetero) is 1. The molecule has 1 aliphatic heterocycles. The second-order valence-electron chi connectivity index (χ2n) is 18.0. The van der Waals surface area contributed by atoms with Crippen molar-refractivity contribution in [3.63, 3.8) is 0 Å². The fourth-order valence-electron chi connectivity index (χ4n) is 10.4. The number of esters is 4. The van der Waals surface area contributed by atoms with Gasteiger partial charge < -0.3 is 44.3 Å². The van der Waals surface area contributed by atoms with Crippen LogP contribution in [0.15, 0.2) is 107 Å². The number of carbonyl (C=O) groups excluding carboxylic acids is 6. The van der Waals surface area contributed by atoms with E-state index in [2.05, 4.69) is 5.32 Å². The molecule has 0 radical (unpaired) electrons. The molecule has 15 nitrogen and oxygen atoms in total. The third-order valence-electron chi connectivity index (χ3n) is 13.8. The van der Waals surface area contributed by atoms with E-state index < -0.39 is 113 Å². The topological polar surface area (TPSA) is 221 Å². The van der Waals surface area contributed by atoms with Gasteiger partial charge in [-0.1, -0.05) is 80.6 Å². The van der Waals surface area contributed by atoms with Gasteiger partial charge in [0, 0.05) is 48.3 Å². The van der Waals surface area contributed by atoms with Crippen molar-refractivity contribution < 1.29 is 67.8 Å². The molecule has 3 aromatic rings. The first-order valence-electron chi connectivity index (χ1n) is 21.6. The minimum Gasteiger partial charge on any atom is -0.459 e. The molecule has 1 amide bonds. The van der Waals surface area contributed by atoms with Gasteiger partial charge in [-0.2, -0.15) is 0 Å². The Morgan fingerprint density at radius 3 is 2.08 bits per heavy atom. The van der Waals surface area contributed by atoms with E-state index in [1.807, 2.05) is 30.3 Å². The predicted molar refractivity (Wildman–Crippen MR) is 234 cm³/mol. The molecular formula is C49H55NO14S. The van der Waals surface area contributed by atoms with Crippen molar-refractivity contribution in [2.24, 2.45) is 16.7 Å². The predicted octanol–water partition coefficient (Wildman–Crippen LogP) is 4.60. The molecule has 2 bridgehead atoms. The number of aliphatic hydroxyl groups is 3. The Bertz CT molecular complexity index is 2340. The summed E-state index contributed by atoms with van der Waals surface area (Å²) in [5.41, 5.74) is -6.98. The zero-order chi connectivity index (χ0) is 47.1. The van der Waals surface area contributed by atoms with Crippen LogP contribution < -0.4 is 5.32 Å². The molecule has 0 aromatic heterocycles. The van der Waals surface area contributed by atoms with Gasteiger partial charge in [0.15, 0.2) is 23.6 Å². The molecule has 16 heteroatoms. The van der Waals surface area contributed by atoms with Crippen molar-refractivity contribution in [3.8, 4) is 0 Å². The Kier molecular flexibility index (Phi) is 13.5. The normalized spacial score (nSPS) is 30.9. The third kappa shape index (κ3) is 8.62. The molecule has 4 aliphatic rings. The van der Waals surface area contributed by atoms with E-state index in [1.165, 1.54) is 25.6 Å². The summed E-state index contributed by atoms with van der Waals surface area (Å²) < 4.78 is 30.4. The van der Waals surface area contributed by atoms with Gasteiger partial charge in [0.25, 0.3) is 5.91 Å². The molecule has 0 unspecified atom stereocenters. The summed E-state index contributed by atoms with van der Waals surface area (Å²) >= 11 is 1.39. The maximum absolute atomic E-state index is 15.5. The summed E-state index contributed by atoms with van der Waals surface area (Å²) in [7, 11) is 0. The number of thioether (sulfide) groups is 1. The highest BCUT2D eigenvalue weighted by Crippen LogP contribution is 2.64. The van der Waals surface area contributed by atoms with Crippen molar-refractivity contribution in [1.29, 1.82) is 0 Å². The quantitative estimate of drug-likeness (QED) is 0.0797. The van der Waals surface area contributed by atoms with Gasteiger partial charge in [-0.3, -0.25) is 24.0 Å². The van der Waals surface area contributed by atoms with Crippen LogP contribution in [-0.4, -0.2) is 111 Å². The van der Waals surface area contributed by atoms with Gasteiger partial charge in [0.05, 0.1) is 36.5 Å². The van der Waals surface area contributed by atoms with E-state index in [9.17, 15) is 39.3 Å². The Morgan fingerprint density at radius 1 is 0.877 bits per heavy atom. The fraction of sp³-hybridized carbons (Fsp3) is 0.469. The van der Waals surface area contributed by atoms with E-state index in [0.29, 0.717) is 5.56 Å². The van der Waals surface area contributed by atoms with Crippen LogP contribution in [0.25, 0.3) is 0 Å². The number of hydrogen-bond acceptors (Lipinski definition) is 15. The van der Waals surface area contributed by atoms with Gasteiger partial charge in [-0.25, -0.2) is 4.79 Å². The molecule has 1 heterocycles. The maximum atomic E-state index is 15.5. The van der Waals surface area contributed by atoms with E-state index in [4.69, 9.17) is 23.7 Å². The van der Waals surface area contributed by atoms with Crippen molar-refractivity contribution in [2.75, 3.05) is 12.4 Å². The van der Waals surface area contributed by atoms with Gasteiger partial charge in [0.2, 0.25) is 0 Å². The number of carbonyl (C=O) groups is 6. The van der Waals surface area contributed by atoms with Gasteiger partial charge in [-0.15, -0.1) is 11.8 Å². The second-order valence-corrected chi connectivity index (χ2v) is 19.2. The van der Waals surface area contributed by atoms with E-state index in [0.717, 1.165) is 18.7 Å². The molecule has 1 saturated heterocycles. The Balaban J connectivity index is 1.34. The van der Waals surface area contributed by atoms with Gasteiger partial charge in [0.1, 0.15) is 23.9 Å². The first-order valence-corrected chi connectivity index (χ1v) is 22.6. The molecule has 3 fully saturated rings. The average Bonchev–Trinajstić information content (AvgIpc) is 3.27. The number of amides is 1. The van der Waals surface area contributed by atoms with Gasteiger partial charge in [-0.05, 0) is 54.8 Å². The molecule has 11 atom stereocenters. The minimum atomic E-state index is -2.37. The van der Waals surface area contributed by atoms with E-state index >= 15 is 4.79 Å². The highest BCUT2D eigenvalue weighted by atomic mass is 32.2. The number of ketones is 1. The number of aliphatic hydroxyl groups excluding tert-OH is 2. The smallest absolute Gasteiger partial charge is 0.338 e. The number of ether oxygens (including phenoxy) is 5. The Morgan fingerprint density at radius 2 is 1.49 bits per heavy atom. The molecule has 3 aliphatic carbocycles. The molecule has 346 valence electrons. The number of nitrogens with one attached hydrogen (secondary N) is 1. The summed E-state index contributed by atoms with van der Waals surface area (Å²) in [5, 5.41) is 40.4. The van der Waals surface area contributed by atoms with Crippen LogP contribution in [0.3, 0.4) is 0 Å². The van der Waals surface area contributed by atoms with Crippen LogP contribution in [0, 0.1) is 16.7 Å². The van der Waals surface area contributed by atoms with Crippen LogP contribution in [-0.2, 0) is 47.7 Å². The SMILES string of the molecule is CC(=O)O[C@H]1C(=O)[C@@]2(C)[C@H]([C@H](OC(=O)CCSc3ccccc3)[C@]3(O)C[C@H](OC(=O)[C@H](O)[C@@H](NC(=O)c4ccccc4)c4ccccc4)C(C)=C1C3(C)C)[C@]1(OC(C)=O)CO[C@@H]1C[C@@H]2O. The summed E-state index contributed by atoms with van der Waals surface area (Å²) in [6, 6.07) is 24.5. The lowest BCUT2D eigenvalue weighted by Gasteiger charge is -2.67. The van der Waals surface area contributed by atoms with Crippen molar-refractivity contribution in [2.45, 2.75) is 120 Å². The first kappa shape index (κ1) is 47.6. The molecule has 0 spiro atoms. The lowest BCUT2D eigenvalue weighted by Crippen LogP contribution is -2.82. The minimum absolute atomic E-state index is 0.0109. The van der Waals surface area contributed by atoms with Crippen molar-refractivity contribution >= 4 is 47.3 Å². The Labute approximate surface area is 381 Å². The van der Waals surface area contributed by atoms with Crippen molar-refractivity contribution in [1.82, 2.24) is 5.32 Å². The highest BCUT2D eigenvalue weighted by Gasteiger charge is 2.78. The van der Waals surface area contributed by atoms with E-state index in [1.54, 1.807) is 74.5 Å². The molecule has 7 rings (SSSR count). The maximum Gasteiger partial charge on any atom is 0.338 e. The number of rotatable bonds is 13. The number of fused-ring (bicyclic) bond motifs is 5. The monoisotopic (exact) mass is 913 g/mol. The average molecular weight is 914 g/mol.